The average Bonchev–Trinajstić information content (AvgIpc) is 3.25. The van der Waals surface area contributed by atoms with Crippen molar-refractivity contribution in [1.29, 1.82) is 0 Å². The number of esters is 1. The maximum Gasteiger partial charge on any atom is 0.305 e. The first-order valence-corrected chi connectivity index (χ1v) is 10.1. The van der Waals surface area contributed by atoms with Crippen LogP contribution in [-0.4, -0.2) is 40.3 Å². The fourth-order valence-electron chi connectivity index (χ4n) is 3.12. The Balaban J connectivity index is 1.63. The van der Waals surface area contributed by atoms with E-state index in [1.807, 2.05) is 42.5 Å². The van der Waals surface area contributed by atoms with Crippen molar-refractivity contribution in [3.05, 3.63) is 66.6 Å². The predicted octanol–water partition coefficient (Wildman–Crippen LogP) is 3.79. The van der Waals surface area contributed by atoms with E-state index < -0.39 is 0 Å². The van der Waals surface area contributed by atoms with Crippen LogP contribution in [0.15, 0.2) is 61.1 Å². The first-order chi connectivity index (χ1) is 14.7. The van der Waals surface area contributed by atoms with Gasteiger partial charge in [-0.25, -0.2) is 4.68 Å². The van der Waals surface area contributed by atoms with Crippen molar-refractivity contribution in [2.24, 2.45) is 0 Å². The number of unbranched alkanes of at least 4 members (excludes halogenated alkanes) is 3. The van der Waals surface area contributed by atoms with E-state index in [2.05, 4.69) is 20.1 Å². The van der Waals surface area contributed by atoms with E-state index in [1.165, 1.54) is 7.11 Å². The van der Waals surface area contributed by atoms with Crippen LogP contribution in [0.2, 0.25) is 0 Å². The van der Waals surface area contributed by atoms with Gasteiger partial charge < -0.3 is 10.1 Å². The lowest BCUT2D eigenvalue weighted by Crippen LogP contribution is -2.24. The number of nitrogens with one attached hydrogen (secondary N) is 1. The molecule has 0 spiro atoms. The lowest BCUT2D eigenvalue weighted by molar-refractivity contribution is -0.140. The number of nitrogens with zero attached hydrogens (tertiary/aromatic N) is 3. The molecule has 0 radical (unpaired) electrons. The summed E-state index contributed by atoms with van der Waals surface area (Å²) in [6.45, 7) is 0.569. The van der Waals surface area contributed by atoms with Crippen LogP contribution in [0.5, 0.6) is 0 Å². The van der Waals surface area contributed by atoms with Crippen LogP contribution in [0.25, 0.3) is 16.9 Å². The SMILES string of the molecule is COC(=O)CCCCCCNC(=O)c1cn(-c2ccccc2)nc1-c1cccnc1. The topological polar surface area (TPSA) is 86.1 Å². The molecule has 0 unspecified atom stereocenters. The molecule has 156 valence electrons. The van der Waals surface area contributed by atoms with Gasteiger partial charge in [-0.05, 0) is 37.1 Å². The van der Waals surface area contributed by atoms with Crippen LogP contribution < -0.4 is 5.32 Å². The molecule has 0 atom stereocenters. The number of pyridine rings is 1. The predicted molar refractivity (Wildman–Crippen MR) is 114 cm³/mol. The van der Waals surface area contributed by atoms with Gasteiger partial charge in [0, 0.05) is 37.1 Å². The highest BCUT2D eigenvalue weighted by Gasteiger charge is 2.18. The van der Waals surface area contributed by atoms with E-state index in [0.717, 1.165) is 36.9 Å². The Kier molecular flexibility index (Phi) is 7.71. The summed E-state index contributed by atoms with van der Waals surface area (Å²) < 4.78 is 6.34. The van der Waals surface area contributed by atoms with Crippen LogP contribution >= 0.6 is 0 Å². The Bertz CT molecular complexity index is 955. The van der Waals surface area contributed by atoms with Gasteiger partial charge in [0.15, 0.2) is 0 Å². The summed E-state index contributed by atoms with van der Waals surface area (Å²) in [5.41, 5.74) is 2.78. The number of amides is 1. The average molecular weight is 406 g/mol. The van der Waals surface area contributed by atoms with E-state index in [-0.39, 0.29) is 11.9 Å². The third-order valence-corrected chi connectivity index (χ3v) is 4.74. The number of aromatic nitrogens is 3. The highest BCUT2D eigenvalue weighted by molar-refractivity contribution is 5.99. The maximum atomic E-state index is 12.9. The Morgan fingerprint density at radius 3 is 2.57 bits per heavy atom. The molecule has 1 amide bonds. The molecule has 2 aromatic heterocycles. The lowest BCUT2D eigenvalue weighted by Gasteiger charge is -2.05. The molecular formula is C23H26N4O3. The van der Waals surface area contributed by atoms with E-state index in [1.54, 1.807) is 23.3 Å². The number of para-hydroxylation sites is 1. The highest BCUT2D eigenvalue weighted by atomic mass is 16.5. The molecule has 0 bridgehead atoms. The quantitative estimate of drug-likeness (QED) is 0.409. The van der Waals surface area contributed by atoms with E-state index >= 15 is 0 Å². The van der Waals surface area contributed by atoms with Crippen molar-refractivity contribution in [2.45, 2.75) is 32.1 Å². The standard InChI is InChI=1S/C23H26N4O3/c1-30-21(28)13-7-2-3-8-15-25-23(29)20-17-27(19-11-5-4-6-12-19)26-22(20)18-10-9-14-24-16-18/h4-6,9-12,14,16-17H,2-3,7-8,13,15H2,1H3,(H,25,29). The summed E-state index contributed by atoms with van der Waals surface area (Å²) in [7, 11) is 1.40. The Morgan fingerprint density at radius 2 is 1.83 bits per heavy atom. The molecular weight excluding hydrogens is 380 g/mol. The number of ether oxygens (including phenoxy) is 1. The zero-order chi connectivity index (χ0) is 21.2. The Morgan fingerprint density at radius 1 is 1.03 bits per heavy atom. The van der Waals surface area contributed by atoms with Crippen LogP contribution in [-0.2, 0) is 9.53 Å². The van der Waals surface area contributed by atoms with Crippen LogP contribution in [0.1, 0.15) is 42.5 Å². The lowest BCUT2D eigenvalue weighted by atomic mass is 10.1. The van der Waals surface area contributed by atoms with Crippen molar-refractivity contribution in [3.63, 3.8) is 0 Å². The molecule has 7 heteroatoms. The maximum absolute atomic E-state index is 12.9. The minimum Gasteiger partial charge on any atom is -0.469 e. The molecule has 7 nitrogen and oxygen atoms in total. The number of hydrogen-bond acceptors (Lipinski definition) is 5. The van der Waals surface area contributed by atoms with Gasteiger partial charge in [-0.2, -0.15) is 5.10 Å². The van der Waals surface area contributed by atoms with Gasteiger partial charge in [-0.15, -0.1) is 0 Å². The van der Waals surface area contributed by atoms with E-state index in [0.29, 0.717) is 24.2 Å². The summed E-state index contributed by atoms with van der Waals surface area (Å²) >= 11 is 0. The molecule has 3 rings (SSSR count). The molecule has 30 heavy (non-hydrogen) atoms. The van der Waals surface area contributed by atoms with Crippen LogP contribution in [0, 0.1) is 0 Å². The highest BCUT2D eigenvalue weighted by Crippen LogP contribution is 2.23. The molecule has 0 fully saturated rings. The molecule has 0 aliphatic heterocycles. The minimum absolute atomic E-state index is 0.161. The van der Waals surface area contributed by atoms with Gasteiger partial charge >= 0.3 is 5.97 Å². The van der Waals surface area contributed by atoms with Crippen molar-refractivity contribution >= 4 is 11.9 Å². The van der Waals surface area contributed by atoms with Gasteiger partial charge in [-0.3, -0.25) is 14.6 Å². The summed E-state index contributed by atoms with van der Waals surface area (Å²) in [5.74, 6) is -0.341. The largest absolute Gasteiger partial charge is 0.469 e. The van der Waals surface area contributed by atoms with Gasteiger partial charge in [0.2, 0.25) is 0 Å². The van der Waals surface area contributed by atoms with E-state index in [9.17, 15) is 9.59 Å². The minimum atomic E-state index is -0.179. The Labute approximate surface area is 176 Å². The second-order valence-electron chi connectivity index (χ2n) is 6.91. The van der Waals surface area contributed by atoms with Gasteiger partial charge in [0.1, 0.15) is 5.69 Å². The number of methoxy groups -OCH3 is 1. The number of rotatable bonds is 10. The number of carbonyl (C=O) groups excluding carboxylic acids is 2. The number of benzene rings is 1. The van der Waals surface area contributed by atoms with E-state index in [4.69, 9.17) is 0 Å². The summed E-state index contributed by atoms with van der Waals surface area (Å²) in [6, 6.07) is 13.4. The zero-order valence-corrected chi connectivity index (χ0v) is 17.1. The third kappa shape index (κ3) is 5.76. The second kappa shape index (κ2) is 10.9. The van der Waals surface area contributed by atoms with Crippen molar-refractivity contribution in [2.75, 3.05) is 13.7 Å². The van der Waals surface area contributed by atoms with Crippen LogP contribution in [0.3, 0.4) is 0 Å². The first kappa shape index (κ1) is 21.2. The molecule has 2 heterocycles. The smallest absolute Gasteiger partial charge is 0.305 e. The molecule has 3 aromatic rings. The summed E-state index contributed by atoms with van der Waals surface area (Å²) in [4.78, 5) is 28.1. The molecule has 1 aromatic carbocycles. The second-order valence-corrected chi connectivity index (χ2v) is 6.91. The van der Waals surface area contributed by atoms with Crippen molar-refractivity contribution in [3.8, 4) is 16.9 Å². The molecule has 0 saturated heterocycles. The van der Waals surface area contributed by atoms with Gasteiger partial charge in [0.25, 0.3) is 5.91 Å². The zero-order valence-electron chi connectivity index (χ0n) is 17.1. The van der Waals surface area contributed by atoms with Gasteiger partial charge in [0.05, 0.1) is 18.4 Å². The monoisotopic (exact) mass is 406 g/mol. The van der Waals surface area contributed by atoms with Gasteiger partial charge in [-0.1, -0.05) is 31.0 Å². The molecule has 0 aliphatic rings. The van der Waals surface area contributed by atoms with Crippen LogP contribution in [0.4, 0.5) is 0 Å². The first-order valence-electron chi connectivity index (χ1n) is 10.1. The number of hydrogen-bond donors (Lipinski definition) is 1. The molecule has 1 N–H and O–H groups in total. The molecule has 0 aliphatic carbocycles. The molecule has 0 saturated carbocycles. The normalized spacial score (nSPS) is 10.6. The van der Waals surface area contributed by atoms with Crippen molar-refractivity contribution < 1.29 is 14.3 Å². The summed E-state index contributed by atoms with van der Waals surface area (Å²) in [5, 5.41) is 7.62. The Hall–Kier alpha value is -3.48. The number of carbonyl (C=O) groups is 2. The third-order valence-electron chi connectivity index (χ3n) is 4.74. The fourth-order valence-corrected chi connectivity index (χ4v) is 3.12. The fraction of sp³-hybridized carbons (Fsp3) is 0.304. The summed E-state index contributed by atoms with van der Waals surface area (Å²) in [6.07, 6.45) is 9.11. The van der Waals surface area contributed by atoms with Crippen molar-refractivity contribution in [1.82, 2.24) is 20.1 Å².